The van der Waals surface area contributed by atoms with Gasteiger partial charge in [-0.05, 0) is 44.6 Å². The zero-order valence-corrected chi connectivity index (χ0v) is 10.8. The van der Waals surface area contributed by atoms with Crippen LogP contribution in [0.2, 0.25) is 0 Å². The molecule has 3 nitrogen and oxygen atoms in total. The Balaban J connectivity index is 1.86. The Morgan fingerprint density at radius 3 is 3.00 bits per heavy atom. The van der Waals surface area contributed by atoms with Crippen LogP contribution in [0.1, 0.15) is 18.4 Å². The van der Waals surface area contributed by atoms with E-state index in [1.54, 1.807) is 0 Å². The molecule has 17 heavy (non-hydrogen) atoms. The largest absolute Gasteiger partial charge is 0.382 e. The summed E-state index contributed by atoms with van der Waals surface area (Å²) < 4.78 is 5.60. The third-order valence-corrected chi connectivity index (χ3v) is 2.98. The third-order valence-electron chi connectivity index (χ3n) is 2.98. The van der Waals surface area contributed by atoms with Crippen molar-refractivity contribution >= 4 is 5.69 Å². The highest BCUT2D eigenvalue weighted by Crippen LogP contribution is 2.15. The lowest BCUT2D eigenvalue weighted by Gasteiger charge is -2.14. The van der Waals surface area contributed by atoms with Crippen LogP contribution >= 0.6 is 0 Å². The van der Waals surface area contributed by atoms with Gasteiger partial charge in [-0.25, -0.2) is 0 Å². The van der Waals surface area contributed by atoms with Crippen LogP contribution in [0, 0.1) is 0 Å². The summed E-state index contributed by atoms with van der Waals surface area (Å²) >= 11 is 0. The molecule has 0 spiro atoms. The molecular weight excluding hydrogens is 212 g/mol. The van der Waals surface area contributed by atoms with Crippen molar-refractivity contribution in [3.63, 3.8) is 0 Å². The molecule has 2 rings (SSSR count). The summed E-state index contributed by atoms with van der Waals surface area (Å²) in [4.78, 5) is 2.18. The van der Waals surface area contributed by atoms with Crippen LogP contribution in [0.25, 0.3) is 0 Å². The Hall–Kier alpha value is -1.06. The summed E-state index contributed by atoms with van der Waals surface area (Å²) in [6, 6.07) is 8.61. The molecule has 0 saturated carbocycles. The van der Waals surface area contributed by atoms with E-state index in [1.165, 1.54) is 24.1 Å². The van der Waals surface area contributed by atoms with Crippen LogP contribution in [-0.4, -0.2) is 38.3 Å². The fourth-order valence-corrected chi connectivity index (χ4v) is 2.18. The quantitative estimate of drug-likeness (QED) is 0.846. The van der Waals surface area contributed by atoms with Gasteiger partial charge in [0.2, 0.25) is 0 Å². The minimum absolute atomic E-state index is 0.396. The van der Waals surface area contributed by atoms with E-state index in [0.29, 0.717) is 6.10 Å². The maximum atomic E-state index is 5.60. The lowest BCUT2D eigenvalue weighted by molar-refractivity contribution is 0.120. The molecular formula is C14H22N2O. The molecule has 0 aromatic heterocycles. The molecule has 1 aliphatic rings. The number of ether oxygens (including phenoxy) is 1. The summed E-state index contributed by atoms with van der Waals surface area (Å²) in [5, 5.41) is 3.46. The SMILES string of the molecule is CN(C)Cc1cccc(NCC2CCCO2)c1. The van der Waals surface area contributed by atoms with Crippen molar-refractivity contribution in [1.29, 1.82) is 0 Å². The molecule has 1 saturated heterocycles. The number of anilines is 1. The van der Waals surface area contributed by atoms with Crippen molar-refractivity contribution in [3.05, 3.63) is 29.8 Å². The van der Waals surface area contributed by atoms with Crippen molar-refractivity contribution < 1.29 is 4.74 Å². The first kappa shape index (κ1) is 12.4. The molecule has 1 unspecified atom stereocenters. The second kappa shape index (κ2) is 6.03. The summed E-state index contributed by atoms with van der Waals surface area (Å²) in [5.74, 6) is 0. The number of nitrogens with one attached hydrogen (secondary N) is 1. The summed E-state index contributed by atoms with van der Waals surface area (Å²) in [7, 11) is 4.18. The number of benzene rings is 1. The van der Waals surface area contributed by atoms with Gasteiger partial charge in [0.05, 0.1) is 6.10 Å². The Labute approximate surface area is 104 Å². The maximum absolute atomic E-state index is 5.60. The number of rotatable bonds is 5. The summed E-state index contributed by atoms with van der Waals surface area (Å²) in [6.45, 7) is 2.83. The van der Waals surface area contributed by atoms with Crippen molar-refractivity contribution in [2.24, 2.45) is 0 Å². The van der Waals surface area contributed by atoms with E-state index in [1.807, 2.05) is 0 Å². The highest BCUT2D eigenvalue weighted by atomic mass is 16.5. The molecule has 1 aliphatic heterocycles. The molecule has 0 aliphatic carbocycles. The number of nitrogens with zero attached hydrogens (tertiary/aromatic N) is 1. The molecule has 1 heterocycles. The van der Waals surface area contributed by atoms with E-state index < -0.39 is 0 Å². The van der Waals surface area contributed by atoms with Gasteiger partial charge in [-0.15, -0.1) is 0 Å². The third kappa shape index (κ3) is 4.02. The van der Waals surface area contributed by atoms with Crippen molar-refractivity contribution in [3.8, 4) is 0 Å². The molecule has 1 fully saturated rings. The van der Waals surface area contributed by atoms with Crippen LogP contribution in [0.5, 0.6) is 0 Å². The van der Waals surface area contributed by atoms with Crippen molar-refractivity contribution in [2.45, 2.75) is 25.5 Å². The normalized spacial score (nSPS) is 19.8. The van der Waals surface area contributed by atoms with Crippen LogP contribution in [0.3, 0.4) is 0 Å². The maximum Gasteiger partial charge on any atom is 0.0748 e. The van der Waals surface area contributed by atoms with E-state index in [9.17, 15) is 0 Å². The van der Waals surface area contributed by atoms with Gasteiger partial charge in [0.1, 0.15) is 0 Å². The Morgan fingerprint density at radius 1 is 1.41 bits per heavy atom. The number of hydrogen-bond acceptors (Lipinski definition) is 3. The van der Waals surface area contributed by atoms with Crippen molar-refractivity contribution in [2.75, 3.05) is 32.6 Å². The van der Waals surface area contributed by atoms with Crippen molar-refractivity contribution in [1.82, 2.24) is 4.90 Å². The molecule has 1 aromatic rings. The summed E-state index contributed by atoms with van der Waals surface area (Å²) in [5.41, 5.74) is 2.53. The van der Waals surface area contributed by atoms with Gasteiger partial charge in [0.25, 0.3) is 0 Å². The molecule has 0 bridgehead atoms. The highest BCUT2D eigenvalue weighted by Gasteiger charge is 2.14. The predicted octanol–water partition coefficient (Wildman–Crippen LogP) is 2.34. The van der Waals surface area contributed by atoms with E-state index in [-0.39, 0.29) is 0 Å². The fraction of sp³-hybridized carbons (Fsp3) is 0.571. The first-order valence-electron chi connectivity index (χ1n) is 6.33. The van der Waals surface area contributed by atoms with Gasteiger partial charge < -0.3 is 15.0 Å². The predicted molar refractivity (Wildman–Crippen MR) is 71.3 cm³/mol. The molecule has 0 radical (unpaired) electrons. The lowest BCUT2D eigenvalue weighted by Crippen LogP contribution is -2.18. The monoisotopic (exact) mass is 234 g/mol. The number of hydrogen-bond donors (Lipinski definition) is 1. The van der Waals surface area contributed by atoms with Gasteiger partial charge in [0, 0.05) is 25.4 Å². The molecule has 94 valence electrons. The molecule has 1 N–H and O–H groups in total. The standard InChI is InChI=1S/C14H22N2O/c1-16(2)11-12-5-3-6-13(9-12)15-10-14-7-4-8-17-14/h3,5-6,9,14-15H,4,7-8,10-11H2,1-2H3. The Kier molecular flexibility index (Phi) is 4.40. The van der Waals surface area contributed by atoms with E-state index in [2.05, 4.69) is 48.6 Å². The zero-order valence-electron chi connectivity index (χ0n) is 10.8. The molecule has 1 aromatic carbocycles. The van der Waals surface area contributed by atoms with Gasteiger partial charge >= 0.3 is 0 Å². The van der Waals surface area contributed by atoms with Crippen LogP contribution in [0.4, 0.5) is 5.69 Å². The van der Waals surface area contributed by atoms with Crippen LogP contribution < -0.4 is 5.32 Å². The van der Waals surface area contributed by atoms with Gasteiger partial charge in [0.15, 0.2) is 0 Å². The second-order valence-corrected chi connectivity index (χ2v) is 4.95. The highest BCUT2D eigenvalue weighted by molar-refractivity contribution is 5.45. The fourth-order valence-electron chi connectivity index (χ4n) is 2.18. The Morgan fingerprint density at radius 2 is 2.29 bits per heavy atom. The lowest BCUT2D eigenvalue weighted by atomic mass is 10.2. The summed E-state index contributed by atoms with van der Waals surface area (Å²) in [6.07, 6.45) is 2.78. The molecule has 3 heteroatoms. The minimum Gasteiger partial charge on any atom is -0.382 e. The smallest absolute Gasteiger partial charge is 0.0748 e. The second-order valence-electron chi connectivity index (χ2n) is 4.95. The van der Waals surface area contributed by atoms with E-state index in [4.69, 9.17) is 4.74 Å². The van der Waals surface area contributed by atoms with Gasteiger partial charge in [-0.2, -0.15) is 0 Å². The molecule has 1 atom stereocenters. The van der Waals surface area contributed by atoms with Crippen LogP contribution in [-0.2, 0) is 11.3 Å². The first-order chi connectivity index (χ1) is 8.24. The average Bonchev–Trinajstić information content (AvgIpc) is 2.79. The molecule has 0 amide bonds. The average molecular weight is 234 g/mol. The minimum atomic E-state index is 0.396. The topological polar surface area (TPSA) is 24.5 Å². The first-order valence-corrected chi connectivity index (χ1v) is 6.33. The zero-order chi connectivity index (χ0) is 12.1. The van der Waals surface area contributed by atoms with E-state index >= 15 is 0 Å². The van der Waals surface area contributed by atoms with Gasteiger partial charge in [-0.3, -0.25) is 0 Å². The van der Waals surface area contributed by atoms with Crippen LogP contribution in [0.15, 0.2) is 24.3 Å². The Bertz CT molecular complexity index is 346. The van der Waals surface area contributed by atoms with E-state index in [0.717, 1.165) is 19.7 Å². The van der Waals surface area contributed by atoms with Gasteiger partial charge in [-0.1, -0.05) is 12.1 Å².